The van der Waals surface area contributed by atoms with Crippen molar-refractivity contribution in [2.24, 2.45) is 5.92 Å². The van der Waals surface area contributed by atoms with Gasteiger partial charge in [0.1, 0.15) is 0 Å². The molecule has 0 saturated carbocycles. The van der Waals surface area contributed by atoms with Crippen LogP contribution in [0.5, 0.6) is 0 Å². The van der Waals surface area contributed by atoms with Crippen molar-refractivity contribution >= 4 is 23.4 Å². The molecular weight excluding hydrogens is 246 g/mol. The molecule has 1 fully saturated rings. The van der Waals surface area contributed by atoms with Crippen LogP contribution in [0.1, 0.15) is 18.4 Å². The number of hydrogen-bond donors (Lipinski definition) is 1. The van der Waals surface area contributed by atoms with Gasteiger partial charge < -0.3 is 10.0 Å². The predicted molar refractivity (Wildman–Crippen MR) is 76.2 cm³/mol. The molecule has 4 heteroatoms. The number of benzene rings is 1. The molecule has 1 aliphatic heterocycles. The van der Waals surface area contributed by atoms with E-state index in [4.69, 9.17) is 5.11 Å². The highest BCUT2D eigenvalue weighted by molar-refractivity contribution is 7.97. The lowest BCUT2D eigenvalue weighted by Gasteiger charge is -2.32. The number of carbonyl (C=O) groups is 1. The number of nitrogens with zero attached hydrogens (tertiary/aromatic N) is 1. The minimum absolute atomic E-state index is 0.218. The van der Waals surface area contributed by atoms with E-state index in [1.165, 1.54) is 5.56 Å². The molecule has 1 heterocycles. The molecule has 0 radical (unpaired) electrons. The standard InChI is InChI=1S/C14H19NO2S/c1-18-10-11-4-6-13(7-5-11)15-8-2-3-12(9-15)14(16)17/h4-7,12H,2-3,8-10H2,1H3,(H,16,17). The minimum atomic E-state index is -0.668. The number of hydrogen-bond acceptors (Lipinski definition) is 3. The Morgan fingerprint density at radius 2 is 2.17 bits per heavy atom. The summed E-state index contributed by atoms with van der Waals surface area (Å²) in [6.45, 7) is 1.60. The van der Waals surface area contributed by atoms with E-state index in [-0.39, 0.29) is 5.92 Å². The molecule has 0 aliphatic carbocycles. The lowest BCUT2D eigenvalue weighted by atomic mass is 9.98. The van der Waals surface area contributed by atoms with E-state index in [1.807, 2.05) is 11.8 Å². The Morgan fingerprint density at radius 1 is 1.44 bits per heavy atom. The number of aliphatic carboxylic acids is 1. The Hall–Kier alpha value is -1.16. The van der Waals surface area contributed by atoms with Crippen molar-refractivity contribution in [3.8, 4) is 0 Å². The summed E-state index contributed by atoms with van der Waals surface area (Å²) in [5, 5.41) is 9.09. The zero-order chi connectivity index (χ0) is 13.0. The first kappa shape index (κ1) is 13.3. The second-order valence-electron chi connectivity index (χ2n) is 4.72. The third-order valence-electron chi connectivity index (χ3n) is 3.38. The molecule has 2 rings (SSSR count). The number of carboxylic acids is 1. The van der Waals surface area contributed by atoms with Gasteiger partial charge in [0.2, 0.25) is 0 Å². The molecule has 98 valence electrons. The quantitative estimate of drug-likeness (QED) is 0.909. The molecule has 3 nitrogen and oxygen atoms in total. The van der Waals surface area contributed by atoms with Gasteiger partial charge in [-0.05, 0) is 36.8 Å². The summed E-state index contributed by atoms with van der Waals surface area (Å²) in [5.41, 5.74) is 2.46. The van der Waals surface area contributed by atoms with E-state index >= 15 is 0 Å². The summed E-state index contributed by atoms with van der Waals surface area (Å²) in [7, 11) is 0. The van der Waals surface area contributed by atoms with Gasteiger partial charge in [0, 0.05) is 24.5 Å². The molecule has 1 unspecified atom stereocenters. The maximum Gasteiger partial charge on any atom is 0.308 e. The Morgan fingerprint density at radius 3 is 2.78 bits per heavy atom. The van der Waals surface area contributed by atoms with E-state index < -0.39 is 5.97 Å². The molecule has 1 aromatic carbocycles. The van der Waals surface area contributed by atoms with Crippen molar-refractivity contribution in [2.45, 2.75) is 18.6 Å². The average Bonchev–Trinajstić information content (AvgIpc) is 2.40. The van der Waals surface area contributed by atoms with Crippen molar-refractivity contribution in [1.29, 1.82) is 0 Å². The fraction of sp³-hybridized carbons (Fsp3) is 0.500. The van der Waals surface area contributed by atoms with E-state index in [2.05, 4.69) is 35.4 Å². The van der Waals surface area contributed by atoms with Crippen molar-refractivity contribution < 1.29 is 9.90 Å². The second-order valence-corrected chi connectivity index (χ2v) is 5.59. The van der Waals surface area contributed by atoms with E-state index in [1.54, 1.807) is 0 Å². The zero-order valence-electron chi connectivity index (χ0n) is 10.6. The van der Waals surface area contributed by atoms with E-state index in [0.717, 1.165) is 30.8 Å². The maximum absolute atomic E-state index is 11.0. The highest BCUT2D eigenvalue weighted by Crippen LogP contribution is 2.24. The number of carboxylic acid groups (broad SMARTS) is 1. The number of anilines is 1. The van der Waals surface area contributed by atoms with Gasteiger partial charge in [0.05, 0.1) is 5.92 Å². The Kier molecular flexibility index (Phi) is 4.53. The van der Waals surface area contributed by atoms with Crippen molar-refractivity contribution in [3.05, 3.63) is 29.8 Å². The summed E-state index contributed by atoms with van der Waals surface area (Å²) in [4.78, 5) is 13.2. The third-order valence-corrected chi connectivity index (χ3v) is 4.01. The van der Waals surface area contributed by atoms with Crippen LogP contribution in [0.25, 0.3) is 0 Å². The van der Waals surface area contributed by atoms with E-state index in [9.17, 15) is 4.79 Å². The molecule has 0 spiro atoms. The van der Waals surface area contributed by atoms with Crippen molar-refractivity contribution in [3.63, 3.8) is 0 Å². The summed E-state index contributed by atoms with van der Waals surface area (Å²) >= 11 is 1.81. The van der Waals surface area contributed by atoms with Crippen molar-refractivity contribution in [2.75, 3.05) is 24.2 Å². The third kappa shape index (κ3) is 3.19. The molecule has 1 atom stereocenters. The van der Waals surface area contributed by atoms with Crippen LogP contribution in [0, 0.1) is 5.92 Å². The predicted octanol–water partition coefficient (Wildman–Crippen LogP) is 2.85. The van der Waals surface area contributed by atoms with Crippen LogP contribution in [0.4, 0.5) is 5.69 Å². The highest BCUT2D eigenvalue weighted by atomic mass is 32.2. The van der Waals surface area contributed by atoms with Gasteiger partial charge in [-0.25, -0.2) is 0 Å². The first-order valence-electron chi connectivity index (χ1n) is 6.26. The summed E-state index contributed by atoms with van der Waals surface area (Å²) in [5.74, 6) is 0.140. The fourth-order valence-corrected chi connectivity index (χ4v) is 2.91. The monoisotopic (exact) mass is 265 g/mol. The molecule has 0 bridgehead atoms. The van der Waals surface area contributed by atoms with Crippen LogP contribution in [-0.2, 0) is 10.5 Å². The van der Waals surface area contributed by atoms with Gasteiger partial charge in [0.25, 0.3) is 0 Å². The van der Waals surface area contributed by atoms with Crippen LogP contribution in [-0.4, -0.2) is 30.4 Å². The summed E-state index contributed by atoms with van der Waals surface area (Å²) in [6, 6.07) is 8.48. The van der Waals surface area contributed by atoms with Crippen LogP contribution in [0.3, 0.4) is 0 Å². The SMILES string of the molecule is CSCc1ccc(N2CCCC(C(=O)O)C2)cc1. The lowest BCUT2D eigenvalue weighted by Crippen LogP contribution is -2.38. The Bertz CT molecular complexity index is 405. The summed E-state index contributed by atoms with van der Waals surface area (Å²) < 4.78 is 0. The first-order valence-corrected chi connectivity index (χ1v) is 7.65. The van der Waals surface area contributed by atoms with Gasteiger partial charge in [0.15, 0.2) is 0 Å². The van der Waals surface area contributed by atoms with Crippen LogP contribution >= 0.6 is 11.8 Å². The highest BCUT2D eigenvalue weighted by Gasteiger charge is 2.25. The fourth-order valence-electron chi connectivity index (χ4n) is 2.38. The number of piperidine rings is 1. The van der Waals surface area contributed by atoms with Crippen LogP contribution in [0.15, 0.2) is 24.3 Å². The van der Waals surface area contributed by atoms with Gasteiger partial charge >= 0.3 is 5.97 Å². The minimum Gasteiger partial charge on any atom is -0.481 e. The van der Waals surface area contributed by atoms with Gasteiger partial charge in [-0.3, -0.25) is 4.79 Å². The van der Waals surface area contributed by atoms with Crippen LogP contribution < -0.4 is 4.90 Å². The second kappa shape index (κ2) is 6.14. The maximum atomic E-state index is 11.0. The summed E-state index contributed by atoms with van der Waals surface area (Å²) in [6.07, 6.45) is 3.86. The number of thioether (sulfide) groups is 1. The molecular formula is C14H19NO2S. The number of rotatable bonds is 4. The first-order chi connectivity index (χ1) is 8.70. The molecule has 1 aliphatic rings. The van der Waals surface area contributed by atoms with Gasteiger partial charge in [-0.2, -0.15) is 11.8 Å². The molecule has 18 heavy (non-hydrogen) atoms. The van der Waals surface area contributed by atoms with Gasteiger partial charge in [-0.1, -0.05) is 12.1 Å². The Labute approximate surface area is 112 Å². The van der Waals surface area contributed by atoms with Gasteiger partial charge in [-0.15, -0.1) is 0 Å². The van der Waals surface area contributed by atoms with Crippen LogP contribution in [0.2, 0.25) is 0 Å². The topological polar surface area (TPSA) is 40.5 Å². The van der Waals surface area contributed by atoms with Crippen molar-refractivity contribution in [1.82, 2.24) is 0 Å². The molecule has 0 amide bonds. The smallest absolute Gasteiger partial charge is 0.308 e. The zero-order valence-corrected chi connectivity index (χ0v) is 11.4. The normalized spacial score (nSPS) is 19.8. The Balaban J connectivity index is 2.04. The molecule has 1 N–H and O–H groups in total. The lowest BCUT2D eigenvalue weighted by molar-refractivity contribution is -0.141. The molecule has 1 saturated heterocycles. The molecule has 1 aromatic rings. The van der Waals surface area contributed by atoms with E-state index in [0.29, 0.717) is 6.54 Å². The largest absolute Gasteiger partial charge is 0.481 e. The molecule has 0 aromatic heterocycles. The average molecular weight is 265 g/mol.